The summed E-state index contributed by atoms with van der Waals surface area (Å²) < 4.78 is 32.3. The molecule has 24 heavy (non-hydrogen) atoms. The first kappa shape index (κ1) is 16.3. The van der Waals surface area contributed by atoms with E-state index >= 15 is 0 Å². The average molecular weight is 341 g/mol. The number of benzene rings is 2. The molecule has 0 N–H and O–H groups in total. The zero-order chi connectivity index (χ0) is 17.5. The first-order valence-electron chi connectivity index (χ1n) is 7.54. The largest absolute Gasteiger partial charge is 0.457 e. The number of hydrogen-bond acceptors (Lipinski definition) is 3. The Bertz CT molecular complexity index is 1110. The van der Waals surface area contributed by atoms with Crippen molar-refractivity contribution in [2.45, 2.75) is 18.7 Å². The van der Waals surface area contributed by atoms with Crippen LogP contribution in [0.3, 0.4) is 0 Å². The van der Waals surface area contributed by atoms with Crippen LogP contribution in [0, 0.1) is 13.8 Å². The molecule has 3 rings (SSSR count). The van der Waals surface area contributed by atoms with Gasteiger partial charge in [-0.25, -0.2) is 8.42 Å². The number of hydrogen-bond donors (Lipinski definition) is 0. The molecule has 0 atom stereocenters. The van der Waals surface area contributed by atoms with Crippen molar-refractivity contribution in [1.29, 1.82) is 0 Å². The number of nitrogens with zero attached hydrogens (tertiary/aromatic N) is 1. The van der Waals surface area contributed by atoms with Gasteiger partial charge in [-0.1, -0.05) is 35.9 Å². The van der Waals surface area contributed by atoms with Crippen molar-refractivity contribution >= 4 is 33.8 Å². The molecule has 1 aromatic heterocycles. The highest BCUT2D eigenvalue weighted by molar-refractivity contribution is 7.89. The molecule has 0 spiro atoms. The quantitative estimate of drug-likeness (QED) is 0.735. The highest BCUT2D eigenvalue weighted by Crippen LogP contribution is 2.16. The predicted octanol–water partition coefficient (Wildman–Crippen LogP) is 2.52. The van der Waals surface area contributed by atoms with Crippen molar-refractivity contribution in [2.24, 2.45) is 0 Å². The minimum Gasteiger partial charge on any atom is -0.457 e. The van der Waals surface area contributed by atoms with Crippen LogP contribution in [0.25, 0.3) is 23.7 Å². The number of aryl methyl sites for hydroxylation is 2. The van der Waals surface area contributed by atoms with E-state index in [4.69, 9.17) is 4.42 Å². The molecular weight excluding hydrogens is 322 g/mol. The van der Waals surface area contributed by atoms with E-state index in [9.17, 15) is 8.42 Å². The Balaban J connectivity index is 2.14. The summed E-state index contributed by atoms with van der Waals surface area (Å²) in [6.45, 7) is 7.78. The fourth-order valence-corrected chi connectivity index (χ4v) is 3.61. The summed E-state index contributed by atoms with van der Waals surface area (Å²) in [5, 5.41) is 1.53. The van der Waals surface area contributed by atoms with Gasteiger partial charge in [-0.3, -0.25) is 4.31 Å². The topological polar surface area (TPSA) is 50.5 Å². The zero-order valence-corrected chi connectivity index (χ0v) is 14.7. The summed E-state index contributed by atoms with van der Waals surface area (Å²) >= 11 is 0. The molecule has 5 heteroatoms. The van der Waals surface area contributed by atoms with Gasteiger partial charge in [0.25, 0.3) is 10.0 Å². The van der Waals surface area contributed by atoms with Crippen LogP contribution in [0.2, 0.25) is 0 Å². The third-order valence-electron chi connectivity index (χ3n) is 3.97. The smallest absolute Gasteiger partial charge is 0.263 e. The Kier molecular flexibility index (Phi) is 3.97. The lowest BCUT2D eigenvalue weighted by atomic mass is 10.1. The Morgan fingerprint density at radius 2 is 1.67 bits per heavy atom. The van der Waals surface area contributed by atoms with Crippen molar-refractivity contribution in [2.75, 3.05) is 7.05 Å². The number of sulfonamides is 1. The molecule has 0 aliphatic carbocycles. The molecule has 0 unspecified atom stereocenters. The van der Waals surface area contributed by atoms with E-state index in [1.54, 1.807) is 30.5 Å². The normalized spacial score (nSPS) is 12.7. The highest BCUT2D eigenvalue weighted by Gasteiger charge is 2.18. The Hall–Kier alpha value is -2.53. The molecule has 0 bridgehead atoms. The Morgan fingerprint density at radius 1 is 1.04 bits per heavy atom. The van der Waals surface area contributed by atoms with Crippen molar-refractivity contribution in [3.8, 4) is 0 Å². The fraction of sp³-hybridized carbons (Fsp3) is 0.158. The Morgan fingerprint density at radius 3 is 2.33 bits per heavy atom. The molecule has 0 aliphatic rings. The van der Waals surface area contributed by atoms with Crippen LogP contribution in [0.5, 0.6) is 0 Å². The number of fused-ring (bicyclic) bond motifs is 1. The third-order valence-corrected chi connectivity index (χ3v) is 5.70. The van der Waals surface area contributed by atoms with Crippen molar-refractivity contribution in [3.63, 3.8) is 0 Å². The lowest BCUT2D eigenvalue weighted by Crippen LogP contribution is -2.28. The van der Waals surface area contributed by atoms with Gasteiger partial charge >= 0.3 is 0 Å². The van der Waals surface area contributed by atoms with Gasteiger partial charge in [0.05, 0.1) is 4.90 Å². The van der Waals surface area contributed by atoms with Crippen LogP contribution in [0.4, 0.5) is 0 Å². The van der Waals surface area contributed by atoms with Gasteiger partial charge in [0, 0.05) is 23.9 Å². The average Bonchev–Trinajstić information content (AvgIpc) is 2.83. The molecule has 0 saturated carbocycles. The second kappa shape index (κ2) is 5.83. The molecule has 3 aromatic rings. The second-order valence-corrected chi connectivity index (χ2v) is 7.90. The van der Waals surface area contributed by atoms with Crippen LogP contribution in [-0.2, 0) is 10.0 Å². The van der Waals surface area contributed by atoms with Crippen LogP contribution in [0.1, 0.15) is 11.1 Å². The maximum absolute atomic E-state index is 12.7. The molecule has 124 valence electrons. The van der Waals surface area contributed by atoms with Gasteiger partial charge < -0.3 is 4.42 Å². The van der Waals surface area contributed by atoms with Gasteiger partial charge in [-0.2, -0.15) is 0 Å². The lowest BCUT2D eigenvalue weighted by molar-refractivity contribution is 0.549. The van der Waals surface area contributed by atoms with E-state index in [2.05, 4.69) is 6.58 Å². The van der Waals surface area contributed by atoms with E-state index in [-0.39, 0.29) is 4.90 Å². The minimum absolute atomic E-state index is 0.251. The SMILES string of the molecule is C=c1oc2ccc(C)cc2/c1=C/N(C)S(=O)(=O)c1ccc(C)cc1. The standard InChI is InChI=1S/C19H19NO3S/c1-13-5-8-16(9-6-13)24(21,22)20(4)12-18-15(3)23-19-10-7-14(2)11-17(18)19/h5-12H,3H2,1-2,4H3/b18-12+. The summed E-state index contributed by atoms with van der Waals surface area (Å²) in [5.41, 5.74) is 3.22. The third kappa shape index (κ3) is 2.83. The maximum Gasteiger partial charge on any atom is 0.263 e. The molecular formula is C19H19NO3S. The summed E-state index contributed by atoms with van der Waals surface area (Å²) in [5.74, 6) is 0. The molecule has 0 fully saturated rings. The molecule has 0 radical (unpaired) electrons. The van der Waals surface area contributed by atoms with E-state index in [0.717, 1.165) is 16.5 Å². The molecule has 2 aromatic carbocycles. The van der Waals surface area contributed by atoms with Gasteiger partial charge in [-0.05, 0) is 38.1 Å². The summed E-state index contributed by atoms with van der Waals surface area (Å²) in [6, 6.07) is 12.6. The monoisotopic (exact) mass is 341 g/mol. The van der Waals surface area contributed by atoms with Gasteiger partial charge in [0.2, 0.25) is 0 Å². The second-order valence-electron chi connectivity index (χ2n) is 5.90. The summed E-state index contributed by atoms with van der Waals surface area (Å²) in [4.78, 5) is 0.251. The highest BCUT2D eigenvalue weighted by atomic mass is 32.2. The van der Waals surface area contributed by atoms with Crippen molar-refractivity contribution in [3.05, 3.63) is 64.2 Å². The molecule has 4 nitrogen and oxygen atoms in total. The van der Waals surface area contributed by atoms with Crippen LogP contribution < -0.4 is 10.6 Å². The Labute approximate surface area is 141 Å². The van der Waals surface area contributed by atoms with Crippen LogP contribution in [-0.4, -0.2) is 19.8 Å². The summed E-state index contributed by atoms with van der Waals surface area (Å²) in [7, 11) is -2.10. The van der Waals surface area contributed by atoms with E-state index in [1.165, 1.54) is 11.4 Å². The predicted molar refractivity (Wildman–Crippen MR) is 96.3 cm³/mol. The van der Waals surface area contributed by atoms with Crippen LogP contribution in [0.15, 0.2) is 51.8 Å². The summed E-state index contributed by atoms with van der Waals surface area (Å²) in [6.07, 6.45) is 1.56. The molecule has 0 aliphatic heterocycles. The minimum atomic E-state index is -3.62. The first-order chi connectivity index (χ1) is 11.3. The van der Waals surface area contributed by atoms with E-state index < -0.39 is 10.0 Å². The van der Waals surface area contributed by atoms with E-state index in [0.29, 0.717) is 16.2 Å². The van der Waals surface area contributed by atoms with Gasteiger partial charge in [-0.15, -0.1) is 0 Å². The van der Waals surface area contributed by atoms with Gasteiger partial charge in [0.1, 0.15) is 11.0 Å². The molecule has 0 saturated heterocycles. The first-order valence-corrected chi connectivity index (χ1v) is 8.98. The van der Waals surface area contributed by atoms with Crippen molar-refractivity contribution in [1.82, 2.24) is 4.31 Å². The van der Waals surface area contributed by atoms with E-state index in [1.807, 2.05) is 32.0 Å². The van der Waals surface area contributed by atoms with Crippen molar-refractivity contribution < 1.29 is 12.8 Å². The number of rotatable bonds is 3. The van der Waals surface area contributed by atoms with Gasteiger partial charge in [0.15, 0.2) is 0 Å². The zero-order valence-electron chi connectivity index (χ0n) is 13.9. The fourth-order valence-electron chi connectivity index (χ4n) is 2.55. The lowest BCUT2D eigenvalue weighted by Gasteiger charge is -2.14. The molecule has 0 amide bonds. The number of furan rings is 1. The van der Waals surface area contributed by atoms with Crippen LogP contribution >= 0.6 is 0 Å². The maximum atomic E-state index is 12.7. The molecule has 1 heterocycles.